The van der Waals surface area contributed by atoms with Crippen molar-refractivity contribution in [3.05, 3.63) is 17.7 Å². The first-order valence-corrected chi connectivity index (χ1v) is 8.95. The third-order valence-corrected chi connectivity index (χ3v) is 5.31. The van der Waals surface area contributed by atoms with Crippen LogP contribution in [-0.4, -0.2) is 39.3 Å². The van der Waals surface area contributed by atoms with Crippen molar-refractivity contribution < 1.29 is 19.0 Å². The molecule has 0 spiro atoms. The van der Waals surface area contributed by atoms with Crippen molar-refractivity contribution in [1.82, 2.24) is 10.6 Å². The van der Waals surface area contributed by atoms with Gasteiger partial charge in [0.05, 0.1) is 21.3 Å². The van der Waals surface area contributed by atoms with E-state index < -0.39 is 0 Å². The maximum Gasteiger partial charge on any atom is 0.220 e. The van der Waals surface area contributed by atoms with Crippen LogP contribution in [0.3, 0.4) is 0 Å². The Hall–Kier alpha value is -1.95. The van der Waals surface area contributed by atoms with E-state index in [1.54, 1.807) is 21.3 Å². The molecule has 2 bridgehead atoms. The lowest BCUT2D eigenvalue weighted by atomic mass is 9.89. The SMILES string of the molecule is COc1ccc(CNC(=O)CC2CC3CCC(C2)N3)c(OC)c1OC. The molecule has 6 heteroatoms. The molecule has 6 nitrogen and oxygen atoms in total. The van der Waals surface area contributed by atoms with Crippen molar-refractivity contribution in [3.63, 3.8) is 0 Å². The van der Waals surface area contributed by atoms with Crippen LogP contribution in [0, 0.1) is 5.92 Å². The number of carbonyl (C=O) groups is 1. The van der Waals surface area contributed by atoms with Gasteiger partial charge in [-0.3, -0.25) is 4.79 Å². The molecule has 25 heavy (non-hydrogen) atoms. The minimum atomic E-state index is 0.100. The Morgan fingerprint density at radius 2 is 1.76 bits per heavy atom. The van der Waals surface area contributed by atoms with Crippen molar-refractivity contribution >= 4 is 5.91 Å². The van der Waals surface area contributed by atoms with Crippen molar-refractivity contribution in [2.24, 2.45) is 5.92 Å². The number of rotatable bonds is 7. The molecule has 3 rings (SSSR count). The number of methoxy groups -OCH3 is 3. The topological polar surface area (TPSA) is 68.8 Å². The Balaban J connectivity index is 1.58. The third-order valence-electron chi connectivity index (χ3n) is 5.31. The summed E-state index contributed by atoms with van der Waals surface area (Å²) in [5, 5.41) is 6.64. The fourth-order valence-corrected chi connectivity index (χ4v) is 4.17. The molecule has 2 N–H and O–H groups in total. The van der Waals surface area contributed by atoms with Crippen LogP contribution in [0.1, 0.15) is 37.7 Å². The van der Waals surface area contributed by atoms with E-state index in [-0.39, 0.29) is 5.91 Å². The van der Waals surface area contributed by atoms with Crippen LogP contribution >= 0.6 is 0 Å². The number of benzene rings is 1. The number of amides is 1. The van der Waals surface area contributed by atoms with E-state index in [9.17, 15) is 4.79 Å². The van der Waals surface area contributed by atoms with Crippen LogP contribution in [0.15, 0.2) is 12.1 Å². The number of hydrogen-bond acceptors (Lipinski definition) is 5. The standard InChI is InChI=1S/C19H28N2O4/c1-23-16-7-4-13(18(24-2)19(16)25-3)11-20-17(22)10-12-8-14-5-6-15(9-12)21-14/h4,7,12,14-15,21H,5-6,8-11H2,1-3H3,(H,20,22). The van der Waals surface area contributed by atoms with Crippen LogP contribution in [0.2, 0.25) is 0 Å². The van der Waals surface area contributed by atoms with Gasteiger partial charge < -0.3 is 24.8 Å². The number of fused-ring (bicyclic) bond motifs is 2. The number of nitrogens with one attached hydrogen (secondary N) is 2. The van der Waals surface area contributed by atoms with E-state index in [0.29, 0.717) is 48.2 Å². The largest absolute Gasteiger partial charge is 0.493 e. The van der Waals surface area contributed by atoms with Gasteiger partial charge >= 0.3 is 0 Å². The summed E-state index contributed by atoms with van der Waals surface area (Å²) in [6, 6.07) is 4.95. The number of piperidine rings is 1. The Morgan fingerprint density at radius 1 is 1.08 bits per heavy atom. The molecule has 2 atom stereocenters. The molecule has 1 aromatic rings. The Kier molecular flexibility index (Phi) is 5.68. The molecular weight excluding hydrogens is 320 g/mol. The van der Waals surface area contributed by atoms with Crippen LogP contribution in [0.25, 0.3) is 0 Å². The molecule has 2 unspecified atom stereocenters. The lowest BCUT2D eigenvalue weighted by Gasteiger charge is -2.28. The molecule has 0 saturated carbocycles. The Bertz CT molecular complexity index is 608. The Morgan fingerprint density at radius 3 is 2.36 bits per heavy atom. The second kappa shape index (κ2) is 7.95. The molecule has 138 valence electrons. The van der Waals surface area contributed by atoms with Gasteiger partial charge in [-0.1, -0.05) is 0 Å². The maximum absolute atomic E-state index is 12.4. The highest BCUT2D eigenvalue weighted by Gasteiger charge is 2.34. The van der Waals surface area contributed by atoms with Crippen LogP contribution in [0.5, 0.6) is 17.2 Å². The van der Waals surface area contributed by atoms with E-state index >= 15 is 0 Å². The van der Waals surface area contributed by atoms with Gasteiger partial charge in [0.15, 0.2) is 11.5 Å². The zero-order valence-electron chi connectivity index (χ0n) is 15.3. The van der Waals surface area contributed by atoms with E-state index in [1.807, 2.05) is 12.1 Å². The molecule has 2 aliphatic heterocycles. The number of carbonyl (C=O) groups excluding carboxylic acids is 1. The predicted molar refractivity (Wildman–Crippen MR) is 95.2 cm³/mol. The minimum absolute atomic E-state index is 0.100. The van der Waals surface area contributed by atoms with Crippen LogP contribution in [0.4, 0.5) is 0 Å². The van der Waals surface area contributed by atoms with Crippen molar-refractivity contribution in [2.45, 2.75) is 50.7 Å². The molecule has 0 radical (unpaired) electrons. The van der Waals surface area contributed by atoms with Crippen LogP contribution in [-0.2, 0) is 11.3 Å². The molecule has 1 aromatic carbocycles. The first kappa shape index (κ1) is 17.9. The average Bonchev–Trinajstić information content (AvgIpc) is 2.97. The smallest absolute Gasteiger partial charge is 0.220 e. The first-order valence-electron chi connectivity index (χ1n) is 8.95. The second-order valence-electron chi connectivity index (χ2n) is 6.95. The summed E-state index contributed by atoms with van der Waals surface area (Å²) in [6.45, 7) is 0.417. The summed E-state index contributed by atoms with van der Waals surface area (Å²) < 4.78 is 16.1. The summed E-state index contributed by atoms with van der Waals surface area (Å²) in [4.78, 5) is 12.4. The molecule has 1 amide bonds. The third kappa shape index (κ3) is 4.00. The van der Waals surface area contributed by atoms with Gasteiger partial charge in [-0.25, -0.2) is 0 Å². The average molecular weight is 348 g/mol. The normalized spacial score (nSPS) is 24.7. The highest BCUT2D eigenvalue weighted by Crippen LogP contribution is 2.39. The second-order valence-corrected chi connectivity index (χ2v) is 6.95. The van der Waals surface area contributed by atoms with E-state index in [2.05, 4.69) is 10.6 Å². The molecule has 2 fully saturated rings. The first-order chi connectivity index (χ1) is 12.1. The minimum Gasteiger partial charge on any atom is -0.493 e. The quantitative estimate of drug-likeness (QED) is 0.791. The number of ether oxygens (including phenoxy) is 3. The lowest BCUT2D eigenvalue weighted by Crippen LogP contribution is -2.39. The summed E-state index contributed by atoms with van der Waals surface area (Å²) in [6.07, 6.45) is 5.34. The predicted octanol–water partition coefficient (Wildman–Crippen LogP) is 2.25. The van der Waals surface area contributed by atoms with Gasteiger partial charge in [-0.15, -0.1) is 0 Å². The van der Waals surface area contributed by atoms with Gasteiger partial charge in [0, 0.05) is 30.6 Å². The monoisotopic (exact) mass is 348 g/mol. The molecule has 0 aromatic heterocycles. The van der Waals surface area contributed by atoms with Crippen molar-refractivity contribution in [3.8, 4) is 17.2 Å². The zero-order valence-corrected chi connectivity index (χ0v) is 15.3. The van der Waals surface area contributed by atoms with Gasteiger partial charge in [-0.2, -0.15) is 0 Å². The van der Waals surface area contributed by atoms with E-state index in [1.165, 1.54) is 12.8 Å². The van der Waals surface area contributed by atoms with Crippen molar-refractivity contribution in [1.29, 1.82) is 0 Å². The molecule has 2 saturated heterocycles. The Labute approximate surface area is 149 Å². The van der Waals surface area contributed by atoms with Gasteiger partial charge in [0.1, 0.15) is 0 Å². The van der Waals surface area contributed by atoms with Crippen LogP contribution < -0.4 is 24.8 Å². The summed E-state index contributed by atoms with van der Waals surface area (Å²) in [5.41, 5.74) is 0.874. The fraction of sp³-hybridized carbons (Fsp3) is 0.632. The zero-order chi connectivity index (χ0) is 17.8. The fourth-order valence-electron chi connectivity index (χ4n) is 4.17. The highest BCUT2D eigenvalue weighted by molar-refractivity contribution is 5.76. The summed E-state index contributed by atoms with van der Waals surface area (Å²) >= 11 is 0. The van der Waals surface area contributed by atoms with Crippen molar-refractivity contribution in [2.75, 3.05) is 21.3 Å². The van der Waals surface area contributed by atoms with Gasteiger partial charge in [0.2, 0.25) is 11.7 Å². The molecular formula is C19H28N2O4. The molecule has 2 aliphatic rings. The lowest BCUT2D eigenvalue weighted by molar-refractivity contribution is -0.122. The van der Waals surface area contributed by atoms with Gasteiger partial charge in [0.25, 0.3) is 0 Å². The maximum atomic E-state index is 12.4. The number of hydrogen-bond donors (Lipinski definition) is 2. The molecule has 0 aliphatic carbocycles. The van der Waals surface area contributed by atoms with Gasteiger partial charge in [-0.05, 0) is 43.7 Å². The highest BCUT2D eigenvalue weighted by atomic mass is 16.5. The van der Waals surface area contributed by atoms with E-state index in [0.717, 1.165) is 18.4 Å². The summed E-state index contributed by atoms with van der Waals surface area (Å²) in [5.74, 6) is 2.35. The van der Waals surface area contributed by atoms with E-state index in [4.69, 9.17) is 14.2 Å². The summed E-state index contributed by atoms with van der Waals surface area (Å²) in [7, 11) is 4.76. The molecule has 2 heterocycles.